The summed E-state index contributed by atoms with van der Waals surface area (Å²) in [5, 5.41) is 6.91. The van der Waals surface area contributed by atoms with E-state index in [2.05, 4.69) is 10.4 Å². The first-order valence-corrected chi connectivity index (χ1v) is 6.30. The summed E-state index contributed by atoms with van der Waals surface area (Å²) in [5.74, 6) is 0.243. The highest BCUT2D eigenvalue weighted by molar-refractivity contribution is 6.01. The molecule has 0 fully saturated rings. The van der Waals surface area contributed by atoms with Gasteiger partial charge in [-0.1, -0.05) is 6.07 Å². The van der Waals surface area contributed by atoms with Crippen LogP contribution in [-0.2, 0) is 13.5 Å². The maximum atomic E-state index is 12.1. The Hall–Kier alpha value is -2.50. The molecule has 0 aliphatic rings. The van der Waals surface area contributed by atoms with E-state index in [0.717, 1.165) is 5.56 Å². The van der Waals surface area contributed by atoms with E-state index in [1.807, 2.05) is 13.2 Å². The predicted octanol–water partition coefficient (Wildman–Crippen LogP) is 0.983. The standard InChI is InChI=1S/C14H18N4O2/c1-18-9-10(8-17-18)6-7-16-14(19)13-11(15)4-3-5-12(13)20-2/h3-5,8-9H,6-7,15H2,1-2H3,(H,16,19). The first-order chi connectivity index (χ1) is 9.61. The quantitative estimate of drug-likeness (QED) is 0.796. The van der Waals surface area contributed by atoms with E-state index in [0.29, 0.717) is 30.0 Å². The van der Waals surface area contributed by atoms with Crippen LogP contribution >= 0.6 is 0 Å². The molecule has 106 valence electrons. The molecule has 0 radical (unpaired) electrons. The zero-order chi connectivity index (χ0) is 14.5. The number of carbonyl (C=O) groups excluding carboxylic acids is 1. The fourth-order valence-corrected chi connectivity index (χ4v) is 1.97. The van der Waals surface area contributed by atoms with Crippen molar-refractivity contribution in [1.82, 2.24) is 15.1 Å². The first-order valence-electron chi connectivity index (χ1n) is 6.30. The molecule has 0 saturated heterocycles. The summed E-state index contributed by atoms with van der Waals surface area (Å²) in [7, 11) is 3.37. The largest absolute Gasteiger partial charge is 0.496 e. The van der Waals surface area contributed by atoms with Gasteiger partial charge in [0.1, 0.15) is 11.3 Å². The molecule has 0 aliphatic carbocycles. The topological polar surface area (TPSA) is 82.2 Å². The highest BCUT2D eigenvalue weighted by Crippen LogP contribution is 2.23. The fraction of sp³-hybridized carbons (Fsp3) is 0.286. The molecular weight excluding hydrogens is 256 g/mol. The summed E-state index contributed by atoms with van der Waals surface area (Å²) in [6, 6.07) is 5.14. The van der Waals surface area contributed by atoms with Gasteiger partial charge in [0.25, 0.3) is 5.91 Å². The van der Waals surface area contributed by atoms with E-state index < -0.39 is 0 Å². The van der Waals surface area contributed by atoms with Gasteiger partial charge >= 0.3 is 0 Å². The number of methoxy groups -OCH3 is 1. The second-order valence-corrected chi connectivity index (χ2v) is 4.45. The zero-order valence-corrected chi connectivity index (χ0v) is 11.6. The third-order valence-corrected chi connectivity index (χ3v) is 2.96. The molecule has 1 amide bonds. The highest BCUT2D eigenvalue weighted by Gasteiger charge is 2.15. The van der Waals surface area contributed by atoms with Crippen LogP contribution in [0.1, 0.15) is 15.9 Å². The number of nitrogen functional groups attached to an aromatic ring is 1. The lowest BCUT2D eigenvalue weighted by molar-refractivity contribution is 0.0952. The Kier molecular flexibility index (Phi) is 4.24. The van der Waals surface area contributed by atoms with E-state index >= 15 is 0 Å². The van der Waals surface area contributed by atoms with Crippen molar-refractivity contribution in [3.05, 3.63) is 41.7 Å². The number of aryl methyl sites for hydroxylation is 1. The molecule has 0 spiro atoms. The number of nitrogens with two attached hydrogens (primary N) is 1. The molecule has 1 aromatic carbocycles. The second-order valence-electron chi connectivity index (χ2n) is 4.45. The SMILES string of the molecule is COc1cccc(N)c1C(=O)NCCc1cnn(C)c1. The highest BCUT2D eigenvalue weighted by atomic mass is 16.5. The number of hydrogen-bond acceptors (Lipinski definition) is 4. The first kappa shape index (κ1) is 13.9. The van der Waals surface area contributed by atoms with Crippen molar-refractivity contribution in [1.29, 1.82) is 0 Å². The Morgan fingerprint density at radius 3 is 2.95 bits per heavy atom. The number of nitrogens with zero attached hydrogens (tertiary/aromatic N) is 2. The summed E-state index contributed by atoms with van der Waals surface area (Å²) in [6.07, 6.45) is 4.42. The number of aromatic nitrogens is 2. The van der Waals surface area contributed by atoms with Crippen LogP contribution in [0.25, 0.3) is 0 Å². The predicted molar refractivity (Wildman–Crippen MR) is 76.7 cm³/mol. The van der Waals surface area contributed by atoms with Crippen molar-refractivity contribution >= 4 is 11.6 Å². The van der Waals surface area contributed by atoms with Crippen molar-refractivity contribution in [2.75, 3.05) is 19.4 Å². The lowest BCUT2D eigenvalue weighted by Gasteiger charge is -2.11. The van der Waals surface area contributed by atoms with Gasteiger partial charge < -0.3 is 15.8 Å². The van der Waals surface area contributed by atoms with Crippen molar-refractivity contribution < 1.29 is 9.53 Å². The Balaban J connectivity index is 1.98. The molecule has 3 N–H and O–H groups in total. The van der Waals surface area contributed by atoms with Crippen molar-refractivity contribution in [2.24, 2.45) is 7.05 Å². The number of nitrogens with one attached hydrogen (secondary N) is 1. The number of anilines is 1. The lowest BCUT2D eigenvalue weighted by Crippen LogP contribution is -2.27. The van der Waals surface area contributed by atoms with Gasteiger partial charge in [-0.05, 0) is 24.1 Å². The Bertz CT molecular complexity index is 607. The van der Waals surface area contributed by atoms with Gasteiger partial charge in [0.2, 0.25) is 0 Å². The molecule has 0 saturated carbocycles. The summed E-state index contributed by atoms with van der Waals surface area (Å²) in [5.41, 5.74) is 7.68. The van der Waals surface area contributed by atoms with Gasteiger partial charge in [0, 0.05) is 25.5 Å². The van der Waals surface area contributed by atoms with Gasteiger partial charge in [-0.15, -0.1) is 0 Å². The number of amides is 1. The third-order valence-electron chi connectivity index (χ3n) is 2.96. The minimum absolute atomic E-state index is 0.233. The molecule has 20 heavy (non-hydrogen) atoms. The molecule has 0 aliphatic heterocycles. The fourth-order valence-electron chi connectivity index (χ4n) is 1.97. The number of carbonyl (C=O) groups is 1. The lowest BCUT2D eigenvalue weighted by atomic mass is 10.1. The van der Waals surface area contributed by atoms with Crippen molar-refractivity contribution in [3.63, 3.8) is 0 Å². The molecular formula is C14H18N4O2. The van der Waals surface area contributed by atoms with Crippen LogP contribution in [-0.4, -0.2) is 29.3 Å². The van der Waals surface area contributed by atoms with Crippen LogP contribution in [0.3, 0.4) is 0 Å². The summed E-state index contributed by atoms with van der Waals surface area (Å²) >= 11 is 0. The number of ether oxygens (including phenoxy) is 1. The number of rotatable bonds is 5. The normalized spacial score (nSPS) is 10.3. The van der Waals surface area contributed by atoms with Crippen LogP contribution in [0.2, 0.25) is 0 Å². The molecule has 6 heteroatoms. The Morgan fingerprint density at radius 1 is 1.50 bits per heavy atom. The van der Waals surface area contributed by atoms with Crippen LogP contribution in [0, 0.1) is 0 Å². The molecule has 1 heterocycles. The molecule has 0 atom stereocenters. The Morgan fingerprint density at radius 2 is 2.30 bits per heavy atom. The second kappa shape index (κ2) is 6.10. The molecule has 6 nitrogen and oxygen atoms in total. The van der Waals surface area contributed by atoms with Crippen LogP contribution < -0.4 is 15.8 Å². The molecule has 1 aromatic heterocycles. The van der Waals surface area contributed by atoms with E-state index in [1.54, 1.807) is 29.1 Å². The van der Waals surface area contributed by atoms with E-state index in [4.69, 9.17) is 10.5 Å². The van der Waals surface area contributed by atoms with E-state index in [9.17, 15) is 4.79 Å². The van der Waals surface area contributed by atoms with Crippen molar-refractivity contribution in [3.8, 4) is 5.75 Å². The summed E-state index contributed by atoms with van der Waals surface area (Å²) < 4.78 is 6.89. The average molecular weight is 274 g/mol. The molecule has 2 aromatic rings. The monoisotopic (exact) mass is 274 g/mol. The smallest absolute Gasteiger partial charge is 0.257 e. The zero-order valence-electron chi connectivity index (χ0n) is 11.6. The number of hydrogen-bond donors (Lipinski definition) is 2. The maximum Gasteiger partial charge on any atom is 0.257 e. The minimum Gasteiger partial charge on any atom is -0.496 e. The molecule has 0 unspecified atom stereocenters. The number of benzene rings is 1. The van der Waals surface area contributed by atoms with E-state index in [1.165, 1.54) is 7.11 Å². The average Bonchev–Trinajstić information content (AvgIpc) is 2.83. The molecule has 2 rings (SSSR count). The van der Waals surface area contributed by atoms with Gasteiger partial charge in [0.15, 0.2) is 0 Å². The van der Waals surface area contributed by atoms with Crippen LogP contribution in [0.4, 0.5) is 5.69 Å². The minimum atomic E-state index is -0.233. The van der Waals surface area contributed by atoms with Crippen LogP contribution in [0.15, 0.2) is 30.6 Å². The third kappa shape index (κ3) is 3.09. The van der Waals surface area contributed by atoms with E-state index in [-0.39, 0.29) is 5.91 Å². The van der Waals surface area contributed by atoms with Gasteiger partial charge in [-0.2, -0.15) is 5.10 Å². The van der Waals surface area contributed by atoms with Crippen LogP contribution in [0.5, 0.6) is 5.75 Å². The molecule has 0 bridgehead atoms. The maximum absolute atomic E-state index is 12.1. The van der Waals surface area contributed by atoms with Gasteiger partial charge in [-0.3, -0.25) is 9.48 Å². The summed E-state index contributed by atoms with van der Waals surface area (Å²) in [4.78, 5) is 12.1. The Labute approximate surface area is 117 Å². The van der Waals surface area contributed by atoms with Gasteiger partial charge in [-0.25, -0.2) is 0 Å². The summed E-state index contributed by atoms with van der Waals surface area (Å²) in [6.45, 7) is 0.516. The van der Waals surface area contributed by atoms with Gasteiger partial charge in [0.05, 0.1) is 13.3 Å². The van der Waals surface area contributed by atoms with Crippen molar-refractivity contribution in [2.45, 2.75) is 6.42 Å².